The van der Waals surface area contributed by atoms with Crippen LogP contribution in [0.5, 0.6) is 0 Å². The van der Waals surface area contributed by atoms with E-state index in [2.05, 4.69) is 24.1 Å². The molecule has 1 unspecified atom stereocenters. The van der Waals surface area contributed by atoms with Crippen LogP contribution in [0.2, 0.25) is 0 Å². The number of amides is 1. The van der Waals surface area contributed by atoms with Gasteiger partial charge in [0.15, 0.2) is 0 Å². The first-order valence-corrected chi connectivity index (χ1v) is 8.94. The van der Waals surface area contributed by atoms with E-state index in [0.29, 0.717) is 18.5 Å². The van der Waals surface area contributed by atoms with Crippen LogP contribution in [0.15, 0.2) is 0 Å². The second-order valence-electron chi connectivity index (χ2n) is 6.79. The maximum absolute atomic E-state index is 12.2. The number of carbonyl (C=O) groups is 1. The van der Waals surface area contributed by atoms with Gasteiger partial charge in [-0.05, 0) is 71.0 Å². The SMILES string of the molecule is CCCN1CCC(C(C)NCC(=O)N2CCCCC2)CC1. The van der Waals surface area contributed by atoms with Crippen LogP contribution in [-0.4, -0.2) is 61.0 Å². The Morgan fingerprint density at radius 1 is 1.14 bits per heavy atom. The van der Waals surface area contributed by atoms with Crippen molar-refractivity contribution >= 4 is 5.91 Å². The van der Waals surface area contributed by atoms with E-state index in [0.717, 1.165) is 19.0 Å². The molecule has 2 saturated heterocycles. The van der Waals surface area contributed by atoms with Crippen LogP contribution >= 0.6 is 0 Å². The molecule has 1 atom stereocenters. The molecule has 122 valence electrons. The van der Waals surface area contributed by atoms with Gasteiger partial charge in [0.25, 0.3) is 0 Å². The van der Waals surface area contributed by atoms with Gasteiger partial charge >= 0.3 is 0 Å². The summed E-state index contributed by atoms with van der Waals surface area (Å²) in [7, 11) is 0. The van der Waals surface area contributed by atoms with Crippen LogP contribution in [0.25, 0.3) is 0 Å². The third kappa shape index (κ3) is 5.26. The summed E-state index contributed by atoms with van der Waals surface area (Å²) >= 11 is 0. The van der Waals surface area contributed by atoms with Crippen molar-refractivity contribution in [3.63, 3.8) is 0 Å². The van der Waals surface area contributed by atoms with E-state index in [9.17, 15) is 4.79 Å². The van der Waals surface area contributed by atoms with Crippen molar-refractivity contribution in [3.8, 4) is 0 Å². The molecule has 2 aliphatic rings. The summed E-state index contributed by atoms with van der Waals surface area (Å²) in [5.74, 6) is 1.03. The molecule has 1 N–H and O–H groups in total. The van der Waals surface area contributed by atoms with E-state index in [1.165, 1.54) is 58.2 Å². The third-order valence-corrected chi connectivity index (χ3v) is 5.16. The molecule has 0 radical (unpaired) electrons. The molecule has 0 aliphatic carbocycles. The van der Waals surface area contributed by atoms with Crippen molar-refractivity contribution in [2.45, 2.75) is 58.4 Å². The fourth-order valence-corrected chi connectivity index (χ4v) is 3.66. The Morgan fingerprint density at radius 2 is 1.81 bits per heavy atom. The summed E-state index contributed by atoms with van der Waals surface area (Å²) in [5, 5.41) is 3.49. The van der Waals surface area contributed by atoms with Gasteiger partial charge in [0.1, 0.15) is 0 Å². The van der Waals surface area contributed by atoms with E-state index < -0.39 is 0 Å². The van der Waals surface area contributed by atoms with Crippen molar-refractivity contribution in [2.75, 3.05) is 39.3 Å². The highest BCUT2D eigenvalue weighted by Gasteiger charge is 2.24. The topological polar surface area (TPSA) is 35.6 Å². The van der Waals surface area contributed by atoms with Gasteiger partial charge in [0, 0.05) is 19.1 Å². The second-order valence-corrected chi connectivity index (χ2v) is 6.79. The lowest BCUT2D eigenvalue weighted by Crippen LogP contribution is -2.47. The molecule has 4 heteroatoms. The molecule has 2 rings (SSSR count). The largest absolute Gasteiger partial charge is 0.342 e. The molecule has 0 saturated carbocycles. The van der Waals surface area contributed by atoms with E-state index in [-0.39, 0.29) is 0 Å². The van der Waals surface area contributed by atoms with E-state index in [1.807, 2.05) is 4.90 Å². The molecule has 21 heavy (non-hydrogen) atoms. The van der Waals surface area contributed by atoms with E-state index >= 15 is 0 Å². The number of hydrogen-bond donors (Lipinski definition) is 1. The van der Waals surface area contributed by atoms with Crippen molar-refractivity contribution in [1.82, 2.24) is 15.1 Å². The molecule has 2 heterocycles. The maximum Gasteiger partial charge on any atom is 0.236 e. The molecule has 0 aromatic carbocycles. The number of hydrogen-bond acceptors (Lipinski definition) is 3. The fourth-order valence-electron chi connectivity index (χ4n) is 3.66. The predicted molar refractivity (Wildman–Crippen MR) is 87.4 cm³/mol. The normalized spacial score (nSPS) is 23.2. The lowest BCUT2D eigenvalue weighted by atomic mass is 9.90. The van der Waals surface area contributed by atoms with Crippen LogP contribution in [0, 0.1) is 5.92 Å². The molecule has 1 amide bonds. The molecular formula is C17H33N3O. The summed E-state index contributed by atoms with van der Waals surface area (Å²) in [6.07, 6.45) is 7.43. The molecule has 2 fully saturated rings. The number of rotatable bonds is 6. The molecule has 0 aromatic rings. The van der Waals surface area contributed by atoms with Gasteiger partial charge in [0.2, 0.25) is 5.91 Å². The van der Waals surface area contributed by atoms with Crippen molar-refractivity contribution in [3.05, 3.63) is 0 Å². The van der Waals surface area contributed by atoms with Crippen molar-refractivity contribution in [1.29, 1.82) is 0 Å². The molecule has 0 bridgehead atoms. The monoisotopic (exact) mass is 295 g/mol. The molecule has 4 nitrogen and oxygen atoms in total. The number of piperidine rings is 2. The highest BCUT2D eigenvalue weighted by molar-refractivity contribution is 5.78. The Kier molecular flexibility index (Phi) is 6.97. The first-order valence-electron chi connectivity index (χ1n) is 8.94. The summed E-state index contributed by atoms with van der Waals surface area (Å²) in [5.41, 5.74) is 0. The van der Waals surface area contributed by atoms with Crippen molar-refractivity contribution in [2.24, 2.45) is 5.92 Å². The minimum absolute atomic E-state index is 0.296. The number of likely N-dealkylation sites (tertiary alicyclic amines) is 2. The van der Waals surface area contributed by atoms with Crippen LogP contribution in [-0.2, 0) is 4.79 Å². The Bertz CT molecular complexity index is 307. The van der Waals surface area contributed by atoms with Gasteiger partial charge in [-0.15, -0.1) is 0 Å². The molecule has 2 aliphatic heterocycles. The zero-order chi connectivity index (χ0) is 15.1. The number of nitrogens with zero attached hydrogens (tertiary/aromatic N) is 2. The Morgan fingerprint density at radius 3 is 2.43 bits per heavy atom. The smallest absolute Gasteiger partial charge is 0.236 e. The van der Waals surface area contributed by atoms with Crippen molar-refractivity contribution < 1.29 is 4.79 Å². The average Bonchev–Trinajstić information content (AvgIpc) is 2.54. The molecular weight excluding hydrogens is 262 g/mol. The summed E-state index contributed by atoms with van der Waals surface area (Å²) in [6.45, 7) is 10.6. The van der Waals surface area contributed by atoms with Crippen LogP contribution in [0.3, 0.4) is 0 Å². The highest BCUT2D eigenvalue weighted by Crippen LogP contribution is 2.20. The quantitative estimate of drug-likeness (QED) is 0.815. The Hall–Kier alpha value is -0.610. The molecule has 0 spiro atoms. The van der Waals surface area contributed by atoms with Gasteiger partial charge < -0.3 is 15.1 Å². The zero-order valence-electron chi connectivity index (χ0n) is 13.9. The van der Waals surface area contributed by atoms with Gasteiger partial charge in [-0.3, -0.25) is 4.79 Å². The maximum atomic E-state index is 12.2. The molecule has 0 aromatic heterocycles. The lowest BCUT2D eigenvalue weighted by molar-refractivity contribution is -0.131. The van der Waals surface area contributed by atoms with Gasteiger partial charge in [-0.2, -0.15) is 0 Å². The number of carbonyl (C=O) groups excluding carboxylic acids is 1. The second kappa shape index (κ2) is 8.74. The van der Waals surface area contributed by atoms with Crippen LogP contribution < -0.4 is 5.32 Å². The first kappa shape index (κ1) is 16.8. The Balaban J connectivity index is 1.65. The van der Waals surface area contributed by atoms with Gasteiger partial charge in [-0.1, -0.05) is 6.92 Å². The van der Waals surface area contributed by atoms with Crippen LogP contribution in [0.4, 0.5) is 0 Å². The fraction of sp³-hybridized carbons (Fsp3) is 0.941. The van der Waals surface area contributed by atoms with Gasteiger partial charge in [-0.25, -0.2) is 0 Å². The predicted octanol–water partition coefficient (Wildman–Crippen LogP) is 2.10. The lowest BCUT2D eigenvalue weighted by Gasteiger charge is -2.35. The summed E-state index contributed by atoms with van der Waals surface area (Å²) < 4.78 is 0. The highest BCUT2D eigenvalue weighted by atomic mass is 16.2. The Labute approximate surface area is 130 Å². The first-order chi connectivity index (χ1) is 10.2. The average molecular weight is 295 g/mol. The van der Waals surface area contributed by atoms with Gasteiger partial charge in [0.05, 0.1) is 6.54 Å². The summed E-state index contributed by atoms with van der Waals surface area (Å²) in [6, 6.07) is 0.461. The van der Waals surface area contributed by atoms with E-state index in [1.54, 1.807) is 0 Å². The van der Waals surface area contributed by atoms with E-state index in [4.69, 9.17) is 0 Å². The zero-order valence-corrected chi connectivity index (χ0v) is 13.9. The minimum Gasteiger partial charge on any atom is -0.342 e. The minimum atomic E-state index is 0.296. The number of nitrogens with one attached hydrogen (secondary N) is 1. The van der Waals surface area contributed by atoms with Crippen LogP contribution in [0.1, 0.15) is 52.4 Å². The standard InChI is InChI=1S/C17H33N3O/c1-3-9-19-12-7-16(8-13-19)15(2)18-14-17(21)20-10-5-4-6-11-20/h15-16,18H,3-14H2,1-2H3. The third-order valence-electron chi connectivity index (χ3n) is 5.16. The summed E-state index contributed by atoms with van der Waals surface area (Å²) in [4.78, 5) is 16.8.